The normalized spacial score (nSPS) is 22.3. The van der Waals surface area contributed by atoms with E-state index in [0.717, 1.165) is 61.1 Å². The Bertz CT molecular complexity index is 914. The summed E-state index contributed by atoms with van der Waals surface area (Å²) in [6.07, 6.45) is 2.55. The van der Waals surface area contributed by atoms with Gasteiger partial charge in [0, 0.05) is 41.7 Å². The van der Waals surface area contributed by atoms with Crippen molar-refractivity contribution in [3.8, 4) is 0 Å². The van der Waals surface area contributed by atoms with Gasteiger partial charge in [0.1, 0.15) is 11.6 Å². The van der Waals surface area contributed by atoms with Crippen molar-refractivity contribution in [1.82, 2.24) is 19.9 Å². The first-order valence-electron chi connectivity index (χ1n) is 10.2. The maximum absolute atomic E-state index is 12.5. The van der Waals surface area contributed by atoms with Crippen molar-refractivity contribution < 1.29 is 9.53 Å². The van der Waals surface area contributed by atoms with Crippen molar-refractivity contribution in [2.75, 3.05) is 38.3 Å². The Morgan fingerprint density at radius 3 is 2.83 bits per heavy atom. The third kappa shape index (κ3) is 3.93. The number of aromatic nitrogens is 3. The molecule has 0 radical (unpaired) electrons. The van der Waals surface area contributed by atoms with Crippen LogP contribution in [-0.2, 0) is 27.9 Å². The number of aryl methyl sites for hydroxylation is 2. The van der Waals surface area contributed by atoms with Crippen LogP contribution in [0.25, 0.3) is 0 Å². The highest BCUT2D eigenvalue weighted by molar-refractivity contribution is 7.09. The van der Waals surface area contributed by atoms with E-state index < -0.39 is 0 Å². The third-order valence-electron chi connectivity index (χ3n) is 6.12. The van der Waals surface area contributed by atoms with Gasteiger partial charge in [-0.1, -0.05) is 6.92 Å². The van der Waals surface area contributed by atoms with Gasteiger partial charge in [0.05, 0.1) is 30.8 Å². The number of rotatable bonds is 6. The Hall–Kier alpha value is -1.90. The molecular formula is C21H29N5O2S. The van der Waals surface area contributed by atoms with Crippen LogP contribution in [0, 0.1) is 13.8 Å². The van der Waals surface area contributed by atoms with E-state index in [9.17, 15) is 4.79 Å². The number of hydrogen-bond acceptors (Lipinski definition) is 7. The number of anilines is 1. The highest BCUT2D eigenvalue weighted by atomic mass is 32.1. The lowest BCUT2D eigenvalue weighted by atomic mass is 9.80. The van der Waals surface area contributed by atoms with Crippen LogP contribution < -0.4 is 4.90 Å². The summed E-state index contributed by atoms with van der Waals surface area (Å²) in [6.45, 7) is 10.3. The number of piperidine rings is 1. The number of carbonyl (C=O) groups excluding carboxylic acids is 1. The van der Waals surface area contributed by atoms with Crippen LogP contribution in [-0.4, -0.2) is 59.1 Å². The highest BCUT2D eigenvalue weighted by Crippen LogP contribution is 2.36. The molecule has 0 aliphatic carbocycles. The largest absolute Gasteiger partial charge is 0.383 e. The number of carbonyl (C=O) groups is 1. The second-order valence-corrected chi connectivity index (χ2v) is 9.32. The molecular weight excluding hydrogens is 386 g/mol. The molecule has 0 bridgehead atoms. The molecule has 0 N–H and O–H groups in total. The van der Waals surface area contributed by atoms with Gasteiger partial charge < -0.3 is 4.74 Å². The average Bonchev–Trinajstić information content (AvgIpc) is 3.23. The number of amides is 1. The minimum absolute atomic E-state index is 0.0858. The minimum Gasteiger partial charge on any atom is -0.383 e. The summed E-state index contributed by atoms with van der Waals surface area (Å²) in [5.41, 5.74) is 4.81. The van der Waals surface area contributed by atoms with Crippen molar-refractivity contribution >= 4 is 23.1 Å². The predicted octanol–water partition coefficient (Wildman–Crippen LogP) is 2.64. The van der Waals surface area contributed by atoms with E-state index in [2.05, 4.69) is 23.7 Å². The summed E-state index contributed by atoms with van der Waals surface area (Å²) in [5, 5.41) is 0. The topological polar surface area (TPSA) is 71.5 Å². The third-order valence-corrected chi connectivity index (χ3v) is 7.04. The Balaban J connectivity index is 1.60. The molecule has 0 spiro atoms. The van der Waals surface area contributed by atoms with Crippen molar-refractivity contribution in [3.63, 3.8) is 0 Å². The monoisotopic (exact) mass is 415 g/mol. The zero-order chi connectivity index (χ0) is 20.6. The molecule has 2 aliphatic heterocycles. The quantitative estimate of drug-likeness (QED) is 0.722. The van der Waals surface area contributed by atoms with Crippen LogP contribution in [0.3, 0.4) is 0 Å². The van der Waals surface area contributed by atoms with Crippen molar-refractivity contribution in [3.05, 3.63) is 33.2 Å². The summed E-state index contributed by atoms with van der Waals surface area (Å²) in [6, 6.07) is 0. The summed E-state index contributed by atoms with van der Waals surface area (Å²) in [4.78, 5) is 32.3. The lowest BCUT2D eigenvalue weighted by Crippen LogP contribution is -2.45. The molecule has 2 aliphatic rings. The van der Waals surface area contributed by atoms with Crippen LogP contribution in [0.5, 0.6) is 0 Å². The SMILES string of the molecule is COCCN1C(=O)Cc2c(C)nc([C@]3(C)CCCN(Cc4scnc4C)C3)nc21. The van der Waals surface area contributed by atoms with Gasteiger partial charge in [-0.25, -0.2) is 15.0 Å². The highest BCUT2D eigenvalue weighted by Gasteiger charge is 2.38. The fourth-order valence-electron chi connectivity index (χ4n) is 4.40. The molecule has 8 heteroatoms. The van der Waals surface area contributed by atoms with Gasteiger partial charge in [0.25, 0.3) is 0 Å². The summed E-state index contributed by atoms with van der Waals surface area (Å²) in [7, 11) is 1.65. The molecule has 1 atom stereocenters. The van der Waals surface area contributed by atoms with Crippen LogP contribution in [0.15, 0.2) is 5.51 Å². The Morgan fingerprint density at radius 2 is 2.10 bits per heavy atom. The molecule has 2 aromatic heterocycles. The number of ether oxygens (including phenoxy) is 1. The van der Waals surface area contributed by atoms with Gasteiger partial charge in [-0.15, -0.1) is 11.3 Å². The van der Waals surface area contributed by atoms with Gasteiger partial charge in [0.2, 0.25) is 5.91 Å². The van der Waals surface area contributed by atoms with E-state index in [1.165, 1.54) is 4.88 Å². The number of thiazole rings is 1. The Morgan fingerprint density at radius 1 is 1.28 bits per heavy atom. The Kier molecular flexibility index (Phi) is 5.68. The molecule has 7 nitrogen and oxygen atoms in total. The predicted molar refractivity (Wildman–Crippen MR) is 113 cm³/mol. The van der Waals surface area contributed by atoms with Crippen LogP contribution in [0.2, 0.25) is 0 Å². The summed E-state index contributed by atoms with van der Waals surface area (Å²) in [5.74, 6) is 1.73. The van der Waals surface area contributed by atoms with Gasteiger partial charge in [-0.3, -0.25) is 14.6 Å². The average molecular weight is 416 g/mol. The lowest BCUT2D eigenvalue weighted by molar-refractivity contribution is -0.117. The summed E-state index contributed by atoms with van der Waals surface area (Å²) >= 11 is 1.73. The first kappa shape index (κ1) is 20.4. The van der Waals surface area contributed by atoms with Crippen LogP contribution >= 0.6 is 11.3 Å². The van der Waals surface area contributed by atoms with Crippen molar-refractivity contribution in [2.45, 2.75) is 52.0 Å². The molecule has 0 aromatic carbocycles. The fourth-order valence-corrected chi connectivity index (χ4v) is 5.22. The first-order chi connectivity index (χ1) is 13.9. The molecule has 0 saturated carbocycles. The van der Waals surface area contributed by atoms with Gasteiger partial charge >= 0.3 is 0 Å². The number of fused-ring (bicyclic) bond motifs is 1. The minimum atomic E-state index is -0.130. The van der Waals surface area contributed by atoms with Gasteiger partial charge in [-0.05, 0) is 33.2 Å². The zero-order valence-corrected chi connectivity index (χ0v) is 18.5. The fraction of sp³-hybridized carbons (Fsp3) is 0.619. The molecule has 4 rings (SSSR count). The van der Waals surface area contributed by atoms with Crippen LogP contribution in [0.4, 0.5) is 5.82 Å². The number of methoxy groups -OCH3 is 1. The number of hydrogen-bond donors (Lipinski definition) is 0. The second-order valence-electron chi connectivity index (χ2n) is 8.39. The van der Waals surface area contributed by atoms with E-state index in [-0.39, 0.29) is 11.3 Å². The van der Waals surface area contributed by atoms with Crippen LogP contribution in [0.1, 0.15) is 47.4 Å². The number of nitrogens with zero attached hydrogens (tertiary/aromatic N) is 5. The Labute approximate surface area is 176 Å². The van der Waals surface area contributed by atoms with E-state index >= 15 is 0 Å². The van der Waals surface area contributed by atoms with E-state index in [4.69, 9.17) is 14.7 Å². The lowest BCUT2D eigenvalue weighted by Gasteiger charge is -2.39. The van der Waals surface area contributed by atoms with E-state index in [1.807, 2.05) is 12.4 Å². The maximum atomic E-state index is 12.5. The molecule has 1 amide bonds. The molecule has 1 fully saturated rings. The maximum Gasteiger partial charge on any atom is 0.232 e. The standard InChI is InChI=1S/C21H29N5O2S/c1-14-16-10-18(27)26(8-9-28-4)19(16)24-20(23-14)21(3)6-5-7-25(12-21)11-17-15(2)22-13-29-17/h13H,5-12H2,1-4H3/t21-/m1/s1. The first-order valence-corrected chi connectivity index (χ1v) is 11.1. The van der Waals surface area contributed by atoms with Gasteiger partial charge in [0.15, 0.2) is 0 Å². The molecule has 0 unspecified atom stereocenters. The smallest absolute Gasteiger partial charge is 0.232 e. The number of likely N-dealkylation sites (tertiary alicyclic amines) is 1. The molecule has 29 heavy (non-hydrogen) atoms. The van der Waals surface area contributed by atoms with Crippen molar-refractivity contribution in [2.24, 2.45) is 0 Å². The van der Waals surface area contributed by atoms with E-state index in [0.29, 0.717) is 19.6 Å². The zero-order valence-electron chi connectivity index (χ0n) is 17.7. The molecule has 4 heterocycles. The van der Waals surface area contributed by atoms with E-state index in [1.54, 1.807) is 23.3 Å². The summed E-state index contributed by atoms with van der Waals surface area (Å²) < 4.78 is 5.19. The second kappa shape index (κ2) is 8.08. The van der Waals surface area contributed by atoms with Crippen molar-refractivity contribution in [1.29, 1.82) is 0 Å². The molecule has 2 aromatic rings. The molecule has 156 valence electrons. The molecule has 1 saturated heterocycles. The van der Waals surface area contributed by atoms with Gasteiger partial charge in [-0.2, -0.15) is 0 Å².